The Bertz CT molecular complexity index is 1330. The summed E-state index contributed by atoms with van der Waals surface area (Å²) < 4.78 is 57.8. The van der Waals surface area contributed by atoms with E-state index in [1.54, 1.807) is 6.07 Å². The summed E-state index contributed by atoms with van der Waals surface area (Å²) in [6.45, 7) is 21.6. The normalized spacial score (nSPS) is 13.0. The molecule has 0 heterocycles. The number of benzene rings is 2. The molecule has 0 aliphatic carbocycles. The molecule has 0 aliphatic heterocycles. The van der Waals surface area contributed by atoms with Gasteiger partial charge in [-0.2, -0.15) is 0 Å². The SMILES string of the molecule is CC(C)(C)[Si](C)(C)OCCON=Cc1cc(C(=O)NOCCO[Si](C)(C)C(C)(C)C)c(Nc2ccc(I)cc2F)c(F)c1F. The van der Waals surface area contributed by atoms with Crippen molar-refractivity contribution in [1.82, 2.24) is 5.48 Å². The second-order valence-electron chi connectivity index (χ2n) is 13.3. The quantitative estimate of drug-likeness (QED) is 0.0659. The van der Waals surface area contributed by atoms with Gasteiger partial charge in [-0.05, 0) is 83.1 Å². The van der Waals surface area contributed by atoms with Crippen molar-refractivity contribution in [2.45, 2.75) is 77.8 Å². The molecular weight excluding hydrogens is 722 g/mol. The highest BCUT2D eigenvalue weighted by Crippen LogP contribution is 2.37. The number of nitrogens with zero attached hydrogens (tertiary/aromatic N) is 1. The molecule has 0 saturated carbocycles. The van der Waals surface area contributed by atoms with E-state index < -0.39 is 45.7 Å². The third-order valence-corrected chi connectivity index (χ3v) is 17.7. The molecule has 8 nitrogen and oxygen atoms in total. The molecule has 0 aliphatic rings. The van der Waals surface area contributed by atoms with E-state index in [4.69, 9.17) is 18.5 Å². The molecule has 2 rings (SSSR count). The Hall–Kier alpha value is -1.99. The van der Waals surface area contributed by atoms with Crippen LogP contribution in [0.1, 0.15) is 57.5 Å². The first-order valence-corrected chi connectivity index (χ1v) is 21.2. The lowest BCUT2D eigenvalue weighted by Gasteiger charge is -2.36. The molecule has 1 amide bonds. The van der Waals surface area contributed by atoms with Crippen LogP contribution in [0.15, 0.2) is 29.4 Å². The maximum absolute atomic E-state index is 15.4. The number of rotatable bonds is 14. The smallest absolute Gasteiger partial charge is 0.277 e. The van der Waals surface area contributed by atoms with Crippen LogP contribution in [0.25, 0.3) is 0 Å². The van der Waals surface area contributed by atoms with E-state index in [1.807, 2.05) is 22.6 Å². The van der Waals surface area contributed by atoms with Crippen LogP contribution in [-0.4, -0.2) is 55.2 Å². The van der Waals surface area contributed by atoms with E-state index in [1.165, 1.54) is 12.1 Å². The van der Waals surface area contributed by atoms with E-state index >= 15 is 8.78 Å². The van der Waals surface area contributed by atoms with Gasteiger partial charge >= 0.3 is 0 Å². The van der Waals surface area contributed by atoms with Gasteiger partial charge in [-0.1, -0.05) is 46.7 Å². The monoisotopic (exact) mass is 767 g/mol. The zero-order valence-electron chi connectivity index (χ0n) is 27.2. The molecular formula is C30H45F3IN3O5Si2. The molecule has 44 heavy (non-hydrogen) atoms. The summed E-state index contributed by atoms with van der Waals surface area (Å²) in [7, 11) is -4.01. The Morgan fingerprint density at radius 3 is 2.00 bits per heavy atom. The second kappa shape index (κ2) is 15.5. The van der Waals surface area contributed by atoms with Crippen molar-refractivity contribution in [3.63, 3.8) is 0 Å². The average Bonchev–Trinajstić information content (AvgIpc) is 2.89. The van der Waals surface area contributed by atoms with E-state index in [2.05, 4.69) is 83.7 Å². The Morgan fingerprint density at radius 2 is 1.45 bits per heavy atom. The lowest BCUT2D eigenvalue weighted by atomic mass is 10.1. The number of carbonyl (C=O) groups excluding carboxylic acids is 1. The topological polar surface area (TPSA) is 90.4 Å². The number of nitrogens with one attached hydrogen (secondary N) is 2. The van der Waals surface area contributed by atoms with Gasteiger partial charge in [0.05, 0.1) is 43.0 Å². The first kappa shape index (κ1) is 38.2. The van der Waals surface area contributed by atoms with Crippen molar-refractivity contribution in [1.29, 1.82) is 0 Å². The summed E-state index contributed by atoms with van der Waals surface area (Å²) in [4.78, 5) is 23.7. The van der Waals surface area contributed by atoms with Gasteiger partial charge in [-0.3, -0.25) is 9.63 Å². The van der Waals surface area contributed by atoms with Crippen LogP contribution >= 0.6 is 22.6 Å². The zero-order valence-corrected chi connectivity index (χ0v) is 31.4. The van der Waals surface area contributed by atoms with Gasteiger partial charge < -0.3 is 19.0 Å². The maximum atomic E-state index is 15.4. The van der Waals surface area contributed by atoms with Gasteiger partial charge in [0, 0.05) is 9.13 Å². The minimum Gasteiger partial charge on any atom is -0.414 e. The predicted octanol–water partition coefficient (Wildman–Crippen LogP) is 8.51. The number of hydroxylamine groups is 1. The summed E-state index contributed by atoms with van der Waals surface area (Å²) in [6, 6.07) is 5.24. The largest absolute Gasteiger partial charge is 0.414 e. The van der Waals surface area contributed by atoms with Gasteiger partial charge in [-0.15, -0.1) is 0 Å². The lowest BCUT2D eigenvalue weighted by molar-refractivity contribution is 0.0184. The molecule has 0 fully saturated rings. The van der Waals surface area contributed by atoms with Crippen LogP contribution in [0.5, 0.6) is 0 Å². The van der Waals surface area contributed by atoms with Gasteiger partial charge in [0.1, 0.15) is 12.4 Å². The Kier molecular flexibility index (Phi) is 13.5. The Balaban J connectivity index is 2.23. The highest BCUT2D eigenvalue weighted by atomic mass is 127. The molecule has 0 aromatic heterocycles. The van der Waals surface area contributed by atoms with E-state index in [9.17, 15) is 9.18 Å². The molecule has 0 radical (unpaired) electrons. The number of amides is 1. The van der Waals surface area contributed by atoms with Crippen LogP contribution in [0.2, 0.25) is 36.3 Å². The fourth-order valence-corrected chi connectivity index (χ4v) is 5.70. The number of carbonyl (C=O) groups is 1. The fraction of sp³-hybridized carbons (Fsp3) is 0.533. The third kappa shape index (κ3) is 10.5. The van der Waals surface area contributed by atoms with Gasteiger partial charge in [0.15, 0.2) is 28.3 Å². The zero-order chi connectivity index (χ0) is 33.5. The summed E-state index contributed by atoms with van der Waals surface area (Å²) in [5.41, 5.74) is 0.837. The second-order valence-corrected chi connectivity index (χ2v) is 24.2. The van der Waals surface area contributed by atoms with E-state index in [0.717, 1.165) is 12.3 Å². The molecule has 14 heteroatoms. The lowest BCUT2D eigenvalue weighted by Crippen LogP contribution is -2.41. The molecule has 0 bridgehead atoms. The van der Waals surface area contributed by atoms with Crippen molar-refractivity contribution in [3.8, 4) is 0 Å². The minimum atomic E-state index is -2.03. The summed E-state index contributed by atoms with van der Waals surface area (Å²) in [5, 5.41) is 6.27. The van der Waals surface area contributed by atoms with Crippen molar-refractivity contribution >= 4 is 62.7 Å². The molecule has 2 N–H and O–H groups in total. The third-order valence-electron chi connectivity index (χ3n) is 8.00. The van der Waals surface area contributed by atoms with Crippen molar-refractivity contribution in [2.75, 3.05) is 31.7 Å². The van der Waals surface area contributed by atoms with Gasteiger partial charge in [-0.25, -0.2) is 18.7 Å². The summed E-state index contributed by atoms with van der Waals surface area (Å²) >= 11 is 1.92. The van der Waals surface area contributed by atoms with Crippen molar-refractivity contribution in [3.05, 3.63) is 56.4 Å². The molecule has 246 valence electrons. The Labute approximate surface area is 274 Å². The summed E-state index contributed by atoms with van der Waals surface area (Å²) in [6.07, 6.45) is 0.963. The highest BCUT2D eigenvalue weighted by molar-refractivity contribution is 14.1. The predicted molar refractivity (Wildman–Crippen MR) is 182 cm³/mol. The fourth-order valence-electron chi connectivity index (χ4n) is 3.19. The minimum absolute atomic E-state index is 0.00727. The standard InChI is InChI=1S/C30H45F3IN3O5Si2/c1-29(2,3)43(7,8)41-15-13-39-35-19-20-17-22(28(38)37-40-14-16-42-44(9,10)30(4,5)6)27(26(33)25(20)32)36-24-12-11-21(34)18-23(24)31/h11-12,17-19,36H,13-16H2,1-10H3,(H,37,38). The number of oxime groups is 1. The molecule has 0 saturated heterocycles. The number of anilines is 2. The Morgan fingerprint density at radius 1 is 0.886 bits per heavy atom. The summed E-state index contributed by atoms with van der Waals surface area (Å²) in [5.74, 6) is -4.30. The van der Waals surface area contributed by atoms with Crippen LogP contribution in [0.3, 0.4) is 0 Å². The highest BCUT2D eigenvalue weighted by Gasteiger charge is 2.37. The van der Waals surface area contributed by atoms with Crippen LogP contribution in [0, 0.1) is 21.0 Å². The van der Waals surface area contributed by atoms with Crippen molar-refractivity contribution < 1.29 is 36.5 Å². The number of hydrogen-bond donors (Lipinski definition) is 2. The van der Waals surface area contributed by atoms with Gasteiger partial charge in [0.25, 0.3) is 5.91 Å². The molecule has 0 atom stereocenters. The van der Waals surface area contributed by atoms with Gasteiger partial charge in [0.2, 0.25) is 0 Å². The molecule has 2 aromatic carbocycles. The maximum Gasteiger partial charge on any atom is 0.277 e. The van der Waals surface area contributed by atoms with Crippen molar-refractivity contribution in [2.24, 2.45) is 5.16 Å². The molecule has 0 unspecified atom stereocenters. The van der Waals surface area contributed by atoms with Crippen LogP contribution in [0.4, 0.5) is 24.5 Å². The number of hydrogen-bond acceptors (Lipinski definition) is 7. The van der Waals surface area contributed by atoms with Crippen LogP contribution < -0.4 is 10.8 Å². The first-order valence-electron chi connectivity index (χ1n) is 14.3. The van der Waals surface area contributed by atoms with E-state index in [0.29, 0.717) is 3.57 Å². The molecule has 0 spiro atoms. The van der Waals surface area contributed by atoms with E-state index in [-0.39, 0.29) is 53.3 Å². The molecule has 2 aromatic rings. The average molecular weight is 768 g/mol. The van der Waals surface area contributed by atoms with Crippen LogP contribution in [-0.2, 0) is 18.5 Å². The first-order chi connectivity index (χ1) is 20.2. The number of halogens is 4.